The lowest BCUT2D eigenvalue weighted by atomic mass is 9.91. The highest BCUT2D eigenvalue weighted by Crippen LogP contribution is 2.29. The Kier molecular flexibility index (Phi) is 5.51. The number of sulfone groups is 1. The summed E-state index contributed by atoms with van der Waals surface area (Å²) in [6.45, 7) is 0.721. The number of nitrogens with one attached hydrogen (secondary N) is 1. The van der Waals surface area contributed by atoms with Gasteiger partial charge in [0.15, 0.2) is 15.0 Å². The molecular weight excluding hydrogens is 360 g/mol. The molecule has 1 fully saturated rings. The van der Waals surface area contributed by atoms with Crippen LogP contribution >= 0.6 is 11.3 Å². The molecule has 1 amide bonds. The van der Waals surface area contributed by atoms with Crippen molar-refractivity contribution >= 4 is 32.2 Å². The molecule has 2 atom stereocenters. The van der Waals surface area contributed by atoms with Gasteiger partial charge in [-0.3, -0.25) is 4.79 Å². The Morgan fingerprint density at radius 1 is 1.40 bits per heavy atom. The molecule has 25 heavy (non-hydrogen) atoms. The Hall–Kier alpha value is -1.77. The first-order valence-electron chi connectivity index (χ1n) is 8.05. The van der Waals surface area contributed by atoms with Gasteiger partial charge in [-0.2, -0.15) is 0 Å². The summed E-state index contributed by atoms with van der Waals surface area (Å²) in [6, 6.07) is 6.50. The van der Waals surface area contributed by atoms with Gasteiger partial charge in [0.2, 0.25) is 5.91 Å². The molecular formula is C17H20N2O4S2. The monoisotopic (exact) mass is 380 g/mol. The molecule has 0 bridgehead atoms. The van der Waals surface area contributed by atoms with E-state index in [4.69, 9.17) is 4.74 Å². The van der Waals surface area contributed by atoms with Gasteiger partial charge in [-0.25, -0.2) is 13.4 Å². The van der Waals surface area contributed by atoms with Crippen LogP contribution in [0.3, 0.4) is 0 Å². The van der Waals surface area contributed by atoms with E-state index in [0.29, 0.717) is 11.6 Å². The van der Waals surface area contributed by atoms with Crippen LogP contribution in [-0.2, 0) is 19.4 Å². The van der Waals surface area contributed by atoms with Crippen molar-refractivity contribution in [2.45, 2.75) is 36.2 Å². The summed E-state index contributed by atoms with van der Waals surface area (Å²) in [5.74, 6) is -0.571. The maximum absolute atomic E-state index is 12.8. The number of hydrogen-bond donors (Lipinski definition) is 1. The predicted octanol–water partition coefficient (Wildman–Crippen LogP) is 2.84. The number of nitrogens with zero attached hydrogens (tertiary/aromatic N) is 1. The van der Waals surface area contributed by atoms with Gasteiger partial charge < -0.3 is 10.1 Å². The number of benzene rings is 1. The number of hydrogen-bond acceptors (Lipinski definition) is 6. The quantitative estimate of drug-likeness (QED) is 0.833. The van der Waals surface area contributed by atoms with Crippen LogP contribution in [0, 0.1) is 0 Å². The van der Waals surface area contributed by atoms with Crippen molar-refractivity contribution in [2.24, 2.45) is 0 Å². The van der Waals surface area contributed by atoms with E-state index in [0.717, 1.165) is 25.0 Å². The van der Waals surface area contributed by atoms with Crippen molar-refractivity contribution in [3.63, 3.8) is 0 Å². The Labute approximate surface area is 151 Å². The zero-order chi connectivity index (χ0) is 17.9. The van der Waals surface area contributed by atoms with Crippen LogP contribution in [0.2, 0.25) is 0 Å². The van der Waals surface area contributed by atoms with E-state index in [1.165, 1.54) is 17.6 Å². The molecule has 1 aliphatic rings. The van der Waals surface area contributed by atoms with E-state index in [2.05, 4.69) is 10.3 Å². The number of anilines is 1. The number of carbonyl (C=O) groups is 1. The van der Waals surface area contributed by atoms with E-state index >= 15 is 0 Å². The molecule has 1 aromatic carbocycles. The van der Waals surface area contributed by atoms with Crippen LogP contribution in [0.5, 0.6) is 0 Å². The van der Waals surface area contributed by atoms with Crippen LogP contribution in [0.15, 0.2) is 40.7 Å². The molecule has 8 heteroatoms. The molecule has 0 saturated carbocycles. The second-order valence-corrected chi connectivity index (χ2v) is 9.00. The van der Waals surface area contributed by atoms with Gasteiger partial charge in [0, 0.05) is 24.4 Å². The number of amides is 1. The minimum absolute atomic E-state index is 0.0432. The van der Waals surface area contributed by atoms with E-state index in [1.807, 2.05) is 0 Å². The molecule has 1 saturated heterocycles. The molecule has 2 unspecified atom stereocenters. The molecule has 2 aromatic rings. The summed E-state index contributed by atoms with van der Waals surface area (Å²) < 4.78 is 28.9. The summed E-state index contributed by atoms with van der Waals surface area (Å²) in [5, 5.41) is 5.18. The number of ether oxygens (including phenoxy) is 1. The fourth-order valence-electron chi connectivity index (χ4n) is 2.91. The van der Waals surface area contributed by atoms with Crippen molar-refractivity contribution in [1.82, 2.24) is 4.98 Å². The predicted molar refractivity (Wildman–Crippen MR) is 96.6 cm³/mol. The SMILES string of the molecule is CS(=O)(=O)c1ccc(C(CC2CCCO2)C(=O)Nc2nccs2)cc1. The molecule has 0 radical (unpaired) electrons. The molecule has 134 valence electrons. The van der Waals surface area contributed by atoms with Gasteiger partial charge in [-0.05, 0) is 37.0 Å². The van der Waals surface area contributed by atoms with Crippen molar-refractivity contribution in [3.8, 4) is 0 Å². The largest absolute Gasteiger partial charge is 0.378 e. The standard InChI is InChI=1S/C17H20N2O4S2/c1-25(21,22)14-6-4-12(5-7-14)15(11-13-3-2-9-23-13)16(20)19-17-18-8-10-24-17/h4-8,10,13,15H,2-3,9,11H2,1H3,(H,18,19,20). The lowest BCUT2D eigenvalue weighted by molar-refractivity contribution is -0.118. The molecule has 0 aliphatic carbocycles. The van der Waals surface area contributed by atoms with Gasteiger partial charge in [0.25, 0.3) is 0 Å². The summed E-state index contributed by atoms with van der Waals surface area (Å²) in [5.41, 5.74) is 0.775. The molecule has 2 heterocycles. The van der Waals surface area contributed by atoms with Crippen LogP contribution in [0.25, 0.3) is 0 Å². The van der Waals surface area contributed by atoms with Crippen molar-refractivity contribution < 1.29 is 17.9 Å². The minimum atomic E-state index is -3.26. The second-order valence-electron chi connectivity index (χ2n) is 6.09. The number of carbonyl (C=O) groups excluding carboxylic acids is 1. The van der Waals surface area contributed by atoms with Crippen molar-refractivity contribution in [3.05, 3.63) is 41.4 Å². The van der Waals surface area contributed by atoms with Gasteiger partial charge >= 0.3 is 0 Å². The minimum Gasteiger partial charge on any atom is -0.378 e. The normalized spacial score (nSPS) is 18.8. The first-order chi connectivity index (χ1) is 11.9. The van der Waals surface area contributed by atoms with E-state index < -0.39 is 15.8 Å². The van der Waals surface area contributed by atoms with Crippen LogP contribution < -0.4 is 5.32 Å². The lowest BCUT2D eigenvalue weighted by Gasteiger charge is -2.20. The van der Waals surface area contributed by atoms with E-state index in [1.54, 1.807) is 35.8 Å². The highest BCUT2D eigenvalue weighted by Gasteiger charge is 2.28. The zero-order valence-electron chi connectivity index (χ0n) is 13.8. The molecule has 1 N–H and O–H groups in total. The second kappa shape index (κ2) is 7.63. The highest BCUT2D eigenvalue weighted by molar-refractivity contribution is 7.90. The third-order valence-corrected chi connectivity index (χ3v) is 6.03. The number of aromatic nitrogens is 1. The van der Waals surface area contributed by atoms with E-state index in [9.17, 15) is 13.2 Å². The third kappa shape index (κ3) is 4.65. The average molecular weight is 380 g/mol. The Morgan fingerprint density at radius 3 is 2.72 bits per heavy atom. The van der Waals surface area contributed by atoms with Crippen LogP contribution in [0.1, 0.15) is 30.7 Å². The Balaban J connectivity index is 1.83. The fraction of sp³-hybridized carbons (Fsp3) is 0.412. The summed E-state index contributed by atoms with van der Waals surface area (Å²) in [7, 11) is -3.26. The molecule has 3 rings (SSSR count). The molecule has 6 nitrogen and oxygen atoms in total. The fourth-order valence-corrected chi connectivity index (χ4v) is 4.07. The van der Waals surface area contributed by atoms with Crippen LogP contribution in [0.4, 0.5) is 5.13 Å². The van der Waals surface area contributed by atoms with Gasteiger partial charge in [0.05, 0.1) is 16.9 Å². The van der Waals surface area contributed by atoms with Gasteiger partial charge in [0.1, 0.15) is 0 Å². The molecule has 0 spiro atoms. The Morgan fingerprint density at radius 2 is 2.16 bits per heavy atom. The summed E-state index contributed by atoms with van der Waals surface area (Å²) in [6.07, 6.45) is 5.34. The summed E-state index contributed by atoms with van der Waals surface area (Å²) >= 11 is 1.36. The van der Waals surface area contributed by atoms with Crippen molar-refractivity contribution in [2.75, 3.05) is 18.2 Å². The maximum atomic E-state index is 12.8. The summed E-state index contributed by atoms with van der Waals surface area (Å²) in [4.78, 5) is 17.1. The van der Waals surface area contributed by atoms with Gasteiger partial charge in [-0.1, -0.05) is 12.1 Å². The van der Waals surface area contributed by atoms with Crippen molar-refractivity contribution in [1.29, 1.82) is 0 Å². The van der Waals surface area contributed by atoms with Crippen LogP contribution in [-0.4, -0.2) is 38.3 Å². The topological polar surface area (TPSA) is 85.4 Å². The smallest absolute Gasteiger partial charge is 0.233 e. The highest BCUT2D eigenvalue weighted by atomic mass is 32.2. The molecule has 1 aliphatic heterocycles. The first-order valence-corrected chi connectivity index (χ1v) is 10.8. The van der Waals surface area contributed by atoms with E-state index in [-0.39, 0.29) is 16.9 Å². The van der Waals surface area contributed by atoms with Gasteiger partial charge in [-0.15, -0.1) is 11.3 Å². The molecule has 1 aromatic heterocycles. The average Bonchev–Trinajstić information content (AvgIpc) is 3.25. The third-order valence-electron chi connectivity index (χ3n) is 4.21. The number of thiazole rings is 1. The number of rotatable bonds is 6. The Bertz CT molecular complexity index is 811. The lowest BCUT2D eigenvalue weighted by Crippen LogP contribution is -2.25. The zero-order valence-corrected chi connectivity index (χ0v) is 15.5. The maximum Gasteiger partial charge on any atom is 0.233 e. The first kappa shape index (κ1) is 18.0.